The highest BCUT2D eigenvalue weighted by Crippen LogP contribution is 2.02. The zero-order chi connectivity index (χ0) is 26.4. The van der Waals surface area contributed by atoms with Crippen molar-refractivity contribution in [2.24, 2.45) is 22.2 Å². The van der Waals surface area contributed by atoms with Gasteiger partial charge < -0.3 is 53.6 Å². The number of aliphatic hydroxyl groups excluding tert-OH is 1. The van der Waals surface area contributed by atoms with Gasteiger partial charge in [0.05, 0.1) is 25.5 Å². The highest BCUT2D eigenvalue weighted by Gasteiger charge is 2.31. The van der Waals surface area contributed by atoms with E-state index in [0.29, 0.717) is 0 Å². The summed E-state index contributed by atoms with van der Waals surface area (Å²) in [5, 5.41) is 42.4. The molecule has 0 aliphatic rings. The van der Waals surface area contributed by atoms with Gasteiger partial charge in [0.25, 0.3) is 0 Å². The molecule has 17 nitrogen and oxygen atoms in total. The number of amides is 3. The van der Waals surface area contributed by atoms with Crippen LogP contribution in [-0.2, 0) is 28.8 Å². The monoisotopic (exact) mass is 491 g/mol. The summed E-state index contributed by atoms with van der Waals surface area (Å²) < 4.78 is 0. The number of carboxylic acid groups (broad SMARTS) is 3. The Hall–Kier alpha value is -3.99. The van der Waals surface area contributed by atoms with Crippen molar-refractivity contribution in [3.63, 3.8) is 0 Å². The summed E-state index contributed by atoms with van der Waals surface area (Å²) in [5.41, 5.74) is 15.7. The molecule has 0 aliphatic heterocycles. The van der Waals surface area contributed by atoms with Crippen molar-refractivity contribution in [3.05, 3.63) is 0 Å². The van der Waals surface area contributed by atoms with Crippen LogP contribution in [0.25, 0.3) is 0 Å². The van der Waals surface area contributed by atoms with Gasteiger partial charge in [-0.05, 0) is 12.8 Å². The lowest BCUT2D eigenvalue weighted by Crippen LogP contribution is -2.58. The first-order valence-corrected chi connectivity index (χ1v) is 9.77. The number of aliphatic imine (C=N–C) groups is 1. The predicted octanol–water partition coefficient (Wildman–Crippen LogP) is -5.15. The Morgan fingerprint density at radius 2 is 1.26 bits per heavy atom. The van der Waals surface area contributed by atoms with Crippen LogP contribution in [0.4, 0.5) is 0 Å². The Kier molecular flexibility index (Phi) is 13.2. The number of carboxylic acids is 3. The van der Waals surface area contributed by atoms with Crippen LogP contribution in [0.15, 0.2) is 4.99 Å². The van der Waals surface area contributed by atoms with Crippen LogP contribution >= 0.6 is 0 Å². The first kappa shape index (κ1) is 30.0. The van der Waals surface area contributed by atoms with Crippen molar-refractivity contribution in [2.45, 2.75) is 49.9 Å². The maximum Gasteiger partial charge on any atom is 0.326 e. The van der Waals surface area contributed by atoms with Crippen LogP contribution in [-0.4, -0.2) is 99.3 Å². The highest BCUT2D eigenvalue weighted by atomic mass is 16.4. The molecule has 4 atom stereocenters. The molecular formula is C17H29N7O10. The smallest absolute Gasteiger partial charge is 0.326 e. The molecule has 4 unspecified atom stereocenters. The summed E-state index contributed by atoms with van der Waals surface area (Å²) in [6, 6.07) is -6.49. The number of guanidine groups is 1. The predicted molar refractivity (Wildman–Crippen MR) is 113 cm³/mol. The number of hydrogen-bond acceptors (Lipinski definition) is 9. The van der Waals surface area contributed by atoms with Crippen molar-refractivity contribution < 1.29 is 49.2 Å². The fourth-order valence-corrected chi connectivity index (χ4v) is 2.44. The summed E-state index contributed by atoms with van der Waals surface area (Å²) in [4.78, 5) is 73.6. The standard InChI is InChI=1S/C17H29N7O10/c18-7(4-11(26)27)13(30)24-10(6-25)15(32)23-9(5-12(28)29)14(31)22-8(16(33)34)2-1-3-21-17(19)20/h7-10,25H,1-6,18H2,(H,22,31)(H,23,32)(H,24,30)(H,26,27)(H,28,29)(H,33,34)(H4,19,20,21). The number of nitrogens with zero attached hydrogens (tertiary/aromatic N) is 1. The van der Waals surface area contributed by atoms with Crippen molar-refractivity contribution in [1.82, 2.24) is 16.0 Å². The molecule has 192 valence electrons. The molecule has 0 rings (SSSR count). The first-order chi connectivity index (χ1) is 15.8. The number of aliphatic carboxylic acids is 3. The second-order valence-corrected chi connectivity index (χ2v) is 6.96. The second kappa shape index (κ2) is 15.0. The summed E-state index contributed by atoms with van der Waals surface area (Å²) in [7, 11) is 0. The van der Waals surface area contributed by atoms with Crippen LogP contribution in [0.3, 0.4) is 0 Å². The van der Waals surface area contributed by atoms with E-state index in [9.17, 15) is 39.0 Å². The summed E-state index contributed by atoms with van der Waals surface area (Å²) in [6.07, 6.45) is -1.69. The molecule has 0 bridgehead atoms. The van der Waals surface area contributed by atoms with Crippen LogP contribution in [0.5, 0.6) is 0 Å². The minimum atomic E-state index is -1.77. The quantitative estimate of drug-likeness (QED) is 0.0549. The number of nitrogens with one attached hydrogen (secondary N) is 3. The van der Waals surface area contributed by atoms with Crippen LogP contribution < -0.4 is 33.2 Å². The molecule has 0 aromatic carbocycles. The van der Waals surface area contributed by atoms with Crippen LogP contribution in [0, 0.1) is 0 Å². The van der Waals surface area contributed by atoms with E-state index < -0.39 is 79.2 Å². The van der Waals surface area contributed by atoms with Gasteiger partial charge in [0, 0.05) is 6.54 Å². The fraction of sp³-hybridized carbons (Fsp3) is 0.588. The Labute approximate surface area is 192 Å². The van der Waals surface area contributed by atoms with Crippen molar-refractivity contribution >= 4 is 41.6 Å². The lowest BCUT2D eigenvalue weighted by atomic mass is 10.1. The number of carbonyl (C=O) groups is 6. The Morgan fingerprint density at radius 3 is 1.74 bits per heavy atom. The molecule has 13 N–H and O–H groups in total. The normalized spacial score (nSPS) is 13.9. The Morgan fingerprint density at radius 1 is 0.765 bits per heavy atom. The van der Waals surface area contributed by atoms with E-state index in [1.54, 1.807) is 0 Å². The third kappa shape index (κ3) is 12.2. The molecule has 34 heavy (non-hydrogen) atoms. The van der Waals surface area contributed by atoms with Gasteiger partial charge in [0.2, 0.25) is 17.7 Å². The number of rotatable bonds is 16. The maximum atomic E-state index is 12.5. The lowest BCUT2D eigenvalue weighted by Gasteiger charge is -2.23. The number of hydrogen-bond donors (Lipinski definition) is 10. The van der Waals surface area contributed by atoms with Gasteiger partial charge >= 0.3 is 17.9 Å². The molecular weight excluding hydrogens is 462 g/mol. The minimum absolute atomic E-state index is 0.0686. The van der Waals surface area contributed by atoms with Crippen LogP contribution in [0.1, 0.15) is 25.7 Å². The summed E-state index contributed by atoms with van der Waals surface area (Å²) >= 11 is 0. The van der Waals surface area contributed by atoms with Crippen molar-refractivity contribution in [3.8, 4) is 0 Å². The van der Waals surface area contributed by atoms with E-state index >= 15 is 0 Å². The van der Waals surface area contributed by atoms with E-state index in [-0.39, 0.29) is 25.3 Å². The Balaban J connectivity index is 5.27. The average molecular weight is 491 g/mol. The molecule has 0 aliphatic carbocycles. The van der Waals surface area contributed by atoms with E-state index in [0.717, 1.165) is 0 Å². The molecule has 0 saturated carbocycles. The third-order valence-electron chi connectivity index (χ3n) is 4.12. The van der Waals surface area contributed by atoms with E-state index in [4.69, 9.17) is 27.4 Å². The maximum absolute atomic E-state index is 12.5. The van der Waals surface area contributed by atoms with Gasteiger partial charge in [-0.3, -0.25) is 29.0 Å². The molecule has 0 spiro atoms. The minimum Gasteiger partial charge on any atom is -0.481 e. The van der Waals surface area contributed by atoms with Gasteiger partial charge in [-0.2, -0.15) is 0 Å². The molecule has 0 aromatic heterocycles. The summed E-state index contributed by atoms with van der Waals surface area (Å²) in [6.45, 7) is -0.930. The third-order valence-corrected chi connectivity index (χ3v) is 4.12. The Bertz CT molecular complexity index is 800. The lowest BCUT2D eigenvalue weighted by molar-refractivity contribution is -0.143. The molecule has 3 amide bonds. The van der Waals surface area contributed by atoms with E-state index in [1.807, 2.05) is 10.6 Å². The number of aliphatic hydroxyl groups is 1. The topological polar surface area (TPSA) is 310 Å². The zero-order valence-electron chi connectivity index (χ0n) is 18.0. The van der Waals surface area contributed by atoms with Gasteiger partial charge in [0.1, 0.15) is 18.1 Å². The average Bonchev–Trinajstić information content (AvgIpc) is 2.71. The van der Waals surface area contributed by atoms with Crippen LogP contribution in [0.2, 0.25) is 0 Å². The molecule has 17 heteroatoms. The van der Waals surface area contributed by atoms with E-state index in [2.05, 4.69) is 10.3 Å². The van der Waals surface area contributed by atoms with Gasteiger partial charge in [0.15, 0.2) is 5.96 Å². The summed E-state index contributed by atoms with van der Waals surface area (Å²) in [5.74, 6) is -8.01. The highest BCUT2D eigenvalue weighted by molar-refractivity contribution is 5.96. The fourth-order valence-electron chi connectivity index (χ4n) is 2.44. The van der Waals surface area contributed by atoms with E-state index in [1.165, 1.54) is 0 Å². The molecule has 0 radical (unpaired) electrons. The molecule has 0 heterocycles. The second-order valence-electron chi connectivity index (χ2n) is 6.96. The SMILES string of the molecule is NC(N)=NCCCC(NC(=O)C(CC(=O)O)NC(=O)C(CO)NC(=O)C(N)CC(=O)O)C(=O)O. The van der Waals surface area contributed by atoms with Gasteiger partial charge in [-0.15, -0.1) is 0 Å². The molecule has 0 aromatic rings. The number of nitrogens with two attached hydrogens (primary N) is 3. The first-order valence-electron chi connectivity index (χ1n) is 9.77. The number of carbonyl (C=O) groups excluding carboxylic acids is 3. The zero-order valence-corrected chi connectivity index (χ0v) is 18.0. The largest absolute Gasteiger partial charge is 0.481 e. The molecule has 0 saturated heterocycles. The molecule has 0 fully saturated rings. The van der Waals surface area contributed by atoms with Gasteiger partial charge in [-0.25, -0.2) is 4.79 Å². The van der Waals surface area contributed by atoms with Crippen molar-refractivity contribution in [2.75, 3.05) is 13.2 Å². The van der Waals surface area contributed by atoms with Gasteiger partial charge in [-0.1, -0.05) is 0 Å². The van der Waals surface area contributed by atoms with Crippen molar-refractivity contribution in [1.29, 1.82) is 0 Å².